The summed E-state index contributed by atoms with van der Waals surface area (Å²) in [5.74, 6) is 0.892. The van der Waals surface area contributed by atoms with Crippen LogP contribution in [-0.4, -0.2) is 30.5 Å². The standard InChI is InChI=1S/C19H28N2O3/c1-6-24-14-9-7-13(8-10-14)15-11-16(15)21-18(23)17(19(3,4)5)20-12(2)22/h7-10,15-17H,6,11H2,1-5H3,(H,20,22)(H,21,23)/t15-,16+,17+/m0/s1. The topological polar surface area (TPSA) is 67.4 Å². The van der Waals surface area contributed by atoms with Crippen LogP contribution in [0.25, 0.3) is 0 Å². The van der Waals surface area contributed by atoms with Crippen molar-refractivity contribution < 1.29 is 14.3 Å². The van der Waals surface area contributed by atoms with E-state index in [-0.39, 0.29) is 23.3 Å². The van der Waals surface area contributed by atoms with Crippen LogP contribution in [-0.2, 0) is 9.59 Å². The molecule has 0 heterocycles. The molecule has 1 saturated carbocycles. The summed E-state index contributed by atoms with van der Waals surface area (Å²) in [6.45, 7) is 9.89. The molecule has 1 aromatic rings. The van der Waals surface area contributed by atoms with Crippen molar-refractivity contribution in [2.24, 2.45) is 5.41 Å². The quantitative estimate of drug-likeness (QED) is 0.841. The second-order valence-corrected chi connectivity index (χ2v) is 7.46. The monoisotopic (exact) mass is 332 g/mol. The third-order valence-corrected chi connectivity index (χ3v) is 4.21. The van der Waals surface area contributed by atoms with Gasteiger partial charge in [0.2, 0.25) is 11.8 Å². The van der Waals surface area contributed by atoms with E-state index in [0.717, 1.165) is 12.2 Å². The molecule has 0 radical (unpaired) electrons. The molecule has 5 nitrogen and oxygen atoms in total. The Bertz CT molecular complexity index is 590. The van der Waals surface area contributed by atoms with Crippen molar-refractivity contribution in [3.05, 3.63) is 29.8 Å². The maximum atomic E-state index is 12.5. The molecule has 0 aliphatic heterocycles. The first-order valence-corrected chi connectivity index (χ1v) is 8.52. The number of rotatable bonds is 6. The number of amides is 2. The summed E-state index contributed by atoms with van der Waals surface area (Å²) in [6, 6.07) is 7.63. The maximum Gasteiger partial charge on any atom is 0.243 e. The van der Waals surface area contributed by atoms with Crippen LogP contribution in [0, 0.1) is 5.41 Å². The Balaban J connectivity index is 1.94. The molecule has 2 amide bonds. The van der Waals surface area contributed by atoms with E-state index in [2.05, 4.69) is 22.8 Å². The first-order valence-electron chi connectivity index (χ1n) is 8.52. The van der Waals surface area contributed by atoms with Crippen LogP contribution in [0.2, 0.25) is 0 Å². The molecular weight excluding hydrogens is 304 g/mol. The summed E-state index contributed by atoms with van der Waals surface area (Å²) in [5, 5.41) is 5.83. The molecule has 0 saturated heterocycles. The largest absolute Gasteiger partial charge is 0.494 e. The molecular formula is C19H28N2O3. The Morgan fingerprint density at radius 2 is 1.88 bits per heavy atom. The van der Waals surface area contributed by atoms with Crippen LogP contribution in [0.4, 0.5) is 0 Å². The lowest BCUT2D eigenvalue weighted by atomic mass is 9.86. The van der Waals surface area contributed by atoms with Crippen LogP contribution in [0.1, 0.15) is 52.5 Å². The minimum absolute atomic E-state index is 0.115. The van der Waals surface area contributed by atoms with Crippen LogP contribution in [0.15, 0.2) is 24.3 Å². The van der Waals surface area contributed by atoms with Gasteiger partial charge in [-0.05, 0) is 36.5 Å². The fourth-order valence-corrected chi connectivity index (χ4v) is 2.85. The lowest BCUT2D eigenvalue weighted by Crippen LogP contribution is -2.53. The number of hydrogen-bond acceptors (Lipinski definition) is 3. The van der Waals surface area contributed by atoms with E-state index >= 15 is 0 Å². The van der Waals surface area contributed by atoms with Crippen molar-refractivity contribution >= 4 is 11.8 Å². The highest BCUT2D eigenvalue weighted by Crippen LogP contribution is 2.41. The van der Waals surface area contributed by atoms with Gasteiger partial charge in [-0.3, -0.25) is 9.59 Å². The summed E-state index contributed by atoms with van der Waals surface area (Å²) in [4.78, 5) is 23.9. The van der Waals surface area contributed by atoms with Crippen molar-refractivity contribution in [3.63, 3.8) is 0 Å². The minimum atomic E-state index is -0.531. The van der Waals surface area contributed by atoms with Gasteiger partial charge >= 0.3 is 0 Å². The van der Waals surface area contributed by atoms with E-state index in [0.29, 0.717) is 12.5 Å². The molecule has 1 aromatic carbocycles. The lowest BCUT2D eigenvalue weighted by Gasteiger charge is -2.30. The zero-order chi connectivity index (χ0) is 17.9. The van der Waals surface area contributed by atoms with Gasteiger partial charge in [0.05, 0.1) is 6.61 Å². The highest BCUT2D eigenvalue weighted by atomic mass is 16.5. The first-order chi connectivity index (χ1) is 11.2. The van der Waals surface area contributed by atoms with Crippen LogP contribution >= 0.6 is 0 Å². The van der Waals surface area contributed by atoms with Gasteiger partial charge in [0.1, 0.15) is 11.8 Å². The van der Waals surface area contributed by atoms with Gasteiger partial charge in [-0.15, -0.1) is 0 Å². The van der Waals surface area contributed by atoms with Gasteiger partial charge in [0.25, 0.3) is 0 Å². The molecule has 5 heteroatoms. The number of carbonyl (C=O) groups is 2. The van der Waals surface area contributed by atoms with Crippen molar-refractivity contribution in [3.8, 4) is 5.75 Å². The van der Waals surface area contributed by atoms with E-state index in [1.165, 1.54) is 12.5 Å². The summed E-state index contributed by atoms with van der Waals surface area (Å²) >= 11 is 0. The molecule has 2 N–H and O–H groups in total. The minimum Gasteiger partial charge on any atom is -0.494 e. The van der Waals surface area contributed by atoms with Crippen LogP contribution < -0.4 is 15.4 Å². The van der Waals surface area contributed by atoms with Crippen molar-refractivity contribution in [2.45, 2.75) is 59.0 Å². The third-order valence-electron chi connectivity index (χ3n) is 4.21. The molecule has 132 valence electrons. The third kappa shape index (κ3) is 4.73. The number of benzene rings is 1. The van der Waals surface area contributed by atoms with Gasteiger partial charge in [0, 0.05) is 18.9 Å². The summed E-state index contributed by atoms with van der Waals surface area (Å²) in [6.07, 6.45) is 0.927. The Kier molecular flexibility index (Phi) is 5.52. The molecule has 1 aliphatic rings. The highest BCUT2D eigenvalue weighted by molar-refractivity contribution is 5.88. The van der Waals surface area contributed by atoms with E-state index in [1.54, 1.807) is 0 Å². The molecule has 2 rings (SSSR count). The van der Waals surface area contributed by atoms with E-state index in [9.17, 15) is 9.59 Å². The van der Waals surface area contributed by atoms with Gasteiger partial charge in [-0.1, -0.05) is 32.9 Å². The van der Waals surface area contributed by atoms with Crippen molar-refractivity contribution in [1.29, 1.82) is 0 Å². The Morgan fingerprint density at radius 1 is 1.25 bits per heavy atom. The van der Waals surface area contributed by atoms with Gasteiger partial charge < -0.3 is 15.4 Å². The number of nitrogens with one attached hydrogen (secondary N) is 2. The Morgan fingerprint density at radius 3 is 2.38 bits per heavy atom. The van der Waals surface area contributed by atoms with Crippen molar-refractivity contribution in [2.75, 3.05) is 6.61 Å². The fourth-order valence-electron chi connectivity index (χ4n) is 2.85. The average Bonchev–Trinajstić information content (AvgIpc) is 3.23. The zero-order valence-electron chi connectivity index (χ0n) is 15.2. The van der Waals surface area contributed by atoms with Crippen LogP contribution in [0.3, 0.4) is 0 Å². The van der Waals surface area contributed by atoms with Gasteiger partial charge in [-0.25, -0.2) is 0 Å². The number of hydrogen-bond donors (Lipinski definition) is 2. The summed E-state index contributed by atoms with van der Waals surface area (Å²) in [5.41, 5.74) is 0.870. The molecule has 0 unspecified atom stereocenters. The van der Waals surface area contributed by atoms with E-state index < -0.39 is 6.04 Å². The second kappa shape index (κ2) is 7.24. The zero-order valence-corrected chi connectivity index (χ0v) is 15.2. The average molecular weight is 332 g/mol. The van der Waals surface area contributed by atoms with E-state index in [1.807, 2.05) is 39.8 Å². The molecule has 1 fully saturated rings. The molecule has 24 heavy (non-hydrogen) atoms. The smallest absolute Gasteiger partial charge is 0.243 e. The second-order valence-electron chi connectivity index (χ2n) is 7.46. The number of ether oxygens (including phenoxy) is 1. The normalized spacial score (nSPS) is 20.9. The Hall–Kier alpha value is -2.04. The maximum absolute atomic E-state index is 12.5. The van der Waals surface area contributed by atoms with Gasteiger partial charge in [0.15, 0.2) is 0 Å². The fraction of sp³-hybridized carbons (Fsp3) is 0.579. The van der Waals surface area contributed by atoms with Crippen LogP contribution in [0.5, 0.6) is 5.75 Å². The molecule has 3 atom stereocenters. The molecule has 0 spiro atoms. The molecule has 0 aromatic heterocycles. The lowest BCUT2D eigenvalue weighted by molar-refractivity contribution is -0.130. The summed E-state index contributed by atoms with van der Waals surface area (Å²) < 4.78 is 5.45. The van der Waals surface area contributed by atoms with E-state index in [4.69, 9.17) is 4.74 Å². The molecule has 1 aliphatic carbocycles. The van der Waals surface area contributed by atoms with Gasteiger partial charge in [-0.2, -0.15) is 0 Å². The van der Waals surface area contributed by atoms with Crippen molar-refractivity contribution in [1.82, 2.24) is 10.6 Å². The highest BCUT2D eigenvalue weighted by Gasteiger charge is 2.42. The first kappa shape index (κ1) is 18.3. The predicted molar refractivity (Wildman–Crippen MR) is 94.0 cm³/mol. The summed E-state index contributed by atoms with van der Waals surface area (Å²) in [7, 11) is 0. The Labute approximate surface area is 144 Å². The SMILES string of the molecule is CCOc1ccc([C@@H]2C[C@H]2NC(=O)[C@@H](NC(C)=O)C(C)(C)C)cc1. The predicted octanol–water partition coefficient (Wildman–Crippen LogP) is 2.61. The molecule has 0 bridgehead atoms. The number of carbonyl (C=O) groups excluding carboxylic acids is 2.